The van der Waals surface area contributed by atoms with Crippen molar-refractivity contribution in [2.24, 2.45) is 0 Å². The zero-order valence-corrected chi connectivity index (χ0v) is 11.5. The van der Waals surface area contributed by atoms with Gasteiger partial charge in [0.15, 0.2) is 0 Å². The maximum absolute atomic E-state index is 12.0. The van der Waals surface area contributed by atoms with Gasteiger partial charge in [0.2, 0.25) is 5.91 Å². The van der Waals surface area contributed by atoms with E-state index < -0.39 is 0 Å². The summed E-state index contributed by atoms with van der Waals surface area (Å²) in [5, 5.41) is 3.02. The van der Waals surface area contributed by atoms with Crippen LogP contribution in [0, 0.1) is 0 Å². The molecule has 1 aliphatic heterocycles. The first-order valence-corrected chi connectivity index (χ1v) is 6.59. The van der Waals surface area contributed by atoms with Gasteiger partial charge in [-0.2, -0.15) is 0 Å². The predicted molar refractivity (Wildman–Crippen MR) is 74.9 cm³/mol. The minimum absolute atomic E-state index is 0.0965. The van der Waals surface area contributed by atoms with Crippen LogP contribution in [-0.4, -0.2) is 24.5 Å². The van der Waals surface area contributed by atoms with E-state index in [9.17, 15) is 4.79 Å². The van der Waals surface area contributed by atoms with Gasteiger partial charge in [-0.3, -0.25) is 4.79 Å². The highest BCUT2D eigenvalue weighted by atomic mass is 16.2. The van der Waals surface area contributed by atoms with E-state index in [2.05, 4.69) is 28.4 Å². The summed E-state index contributed by atoms with van der Waals surface area (Å²) in [7, 11) is 0. The lowest BCUT2D eigenvalue weighted by Gasteiger charge is -2.32. The van der Waals surface area contributed by atoms with E-state index >= 15 is 0 Å². The number of benzene rings is 1. The molecule has 0 atom stereocenters. The molecule has 0 aliphatic carbocycles. The molecule has 1 N–H and O–H groups in total. The summed E-state index contributed by atoms with van der Waals surface area (Å²) in [4.78, 5) is 14.2. The fourth-order valence-corrected chi connectivity index (χ4v) is 2.41. The quantitative estimate of drug-likeness (QED) is 0.868. The van der Waals surface area contributed by atoms with Crippen molar-refractivity contribution in [3.8, 4) is 0 Å². The van der Waals surface area contributed by atoms with Gasteiger partial charge in [-0.1, -0.05) is 18.2 Å². The molecule has 0 aromatic heterocycles. The van der Waals surface area contributed by atoms with Crippen LogP contribution in [0.25, 0.3) is 0 Å². The summed E-state index contributed by atoms with van der Waals surface area (Å²) in [6.45, 7) is 7.45. The van der Waals surface area contributed by atoms with Crippen molar-refractivity contribution in [2.75, 3.05) is 18.0 Å². The molecule has 0 spiro atoms. The van der Waals surface area contributed by atoms with Crippen LogP contribution in [0.1, 0.15) is 32.8 Å². The summed E-state index contributed by atoms with van der Waals surface area (Å²) in [5.41, 5.74) is 2.41. The Morgan fingerprint density at radius 2 is 2.06 bits per heavy atom. The zero-order valence-electron chi connectivity index (χ0n) is 11.5. The zero-order chi connectivity index (χ0) is 13.2. The molecule has 0 bridgehead atoms. The van der Waals surface area contributed by atoms with Crippen LogP contribution in [0.3, 0.4) is 0 Å². The normalized spacial score (nSPS) is 15.2. The van der Waals surface area contributed by atoms with Crippen molar-refractivity contribution in [2.45, 2.75) is 39.2 Å². The third kappa shape index (κ3) is 3.25. The standard InChI is InChI=1S/C15H22N2O/c1-15(2,3)16-14(18)11-17-10-6-8-12-7-4-5-9-13(12)17/h4-5,7,9H,6,8,10-11H2,1-3H3,(H,16,18). The topological polar surface area (TPSA) is 32.3 Å². The Balaban J connectivity index is 2.05. The van der Waals surface area contributed by atoms with E-state index in [0.717, 1.165) is 19.4 Å². The minimum atomic E-state index is -0.160. The highest BCUT2D eigenvalue weighted by Crippen LogP contribution is 2.26. The molecule has 98 valence electrons. The number of nitrogens with one attached hydrogen (secondary N) is 1. The molecular formula is C15H22N2O. The molecule has 1 aliphatic rings. The number of para-hydroxylation sites is 1. The van der Waals surface area contributed by atoms with Crippen molar-refractivity contribution in [3.63, 3.8) is 0 Å². The maximum atomic E-state index is 12.0. The maximum Gasteiger partial charge on any atom is 0.239 e. The van der Waals surface area contributed by atoms with E-state index in [1.54, 1.807) is 0 Å². The second-order valence-electron chi connectivity index (χ2n) is 5.95. The Morgan fingerprint density at radius 1 is 1.33 bits per heavy atom. The summed E-state index contributed by atoms with van der Waals surface area (Å²) in [6.07, 6.45) is 2.24. The second kappa shape index (κ2) is 5.01. The summed E-state index contributed by atoms with van der Waals surface area (Å²) in [6, 6.07) is 8.37. The Labute approximate surface area is 109 Å². The molecule has 1 aromatic rings. The number of hydrogen-bond acceptors (Lipinski definition) is 2. The molecular weight excluding hydrogens is 224 g/mol. The molecule has 2 rings (SSSR count). The number of fused-ring (bicyclic) bond motifs is 1. The molecule has 1 aromatic carbocycles. The number of aryl methyl sites for hydroxylation is 1. The summed E-state index contributed by atoms with van der Waals surface area (Å²) in [5.74, 6) is 0.0965. The summed E-state index contributed by atoms with van der Waals surface area (Å²) >= 11 is 0. The molecule has 0 radical (unpaired) electrons. The van der Waals surface area contributed by atoms with Crippen LogP contribution in [0.15, 0.2) is 24.3 Å². The monoisotopic (exact) mass is 246 g/mol. The highest BCUT2D eigenvalue weighted by Gasteiger charge is 2.20. The number of amides is 1. The largest absolute Gasteiger partial charge is 0.362 e. The molecule has 0 saturated carbocycles. The van der Waals surface area contributed by atoms with Crippen LogP contribution < -0.4 is 10.2 Å². The SMILES string of the molecule is CC(C)(C)NC(=O)CN1CCCc2ccccc21. The summed E-state index contributed by atoms with van der Waals surface area (Å²) < 4.78 is 0. The fourth-order valence-electron chi connectivity index (χ4n) is 2.41. The van der Waals surface area contributed by atoms with E-state index in [1.165, 1.54) is 11.3 Å². The van der Waals surface area contributed by atoms with E-state index in [1.807, 2.05) is 26.8 Å². The van der Waals surface area contributed by atoms with Gasteiger partial charge in [-0.25, -0.2) is 0 Å². The van der Waals surface area contributed by atoms with Crippen molar-refractivity contribution < 1.29 is 4.79 Å². The van der Waals surface area contributed by atoms with Gasteiger partial charge in [0.05, 0.1) is 6.54 Å². The molecule has 18 heavy (non-hydrogen) atoms. The van der Waals surface area contributed by atoms with E-state index in [4.69, 9.17) is 0 Å². The van der Waals surface area contributed by atoms with Gasteiger partial charge in [0, 0.05) is 17.8 Å². The van der Waals surface area contributed by atoms with Crippen LogP contribution in [0.4, 0.5) is 5.69 Å². The molecule has 3 heteroatoms. The molecule has 3 nitrogen and oxygen atoms in total. The van der Waals surface area contributed by atoms with Gasteiger partial charge in [-0.05, 0) is 45.2 Å². The molecule has 0 fully saturated rings. The Bertz CT molecular complexity index is 434. The smallest absolute Gasteiger partial charge is 0.239 e. The van der Waals surface area contributed by atoms with Crippen molar-refractivity contribution in [1.29, 1.82) is 0 Å². The number of nitrogens with zero attached hydrogens (tertiary/aromatic N) is 1. The van der Waals surface area contributed by atoms with Crippen LogP contribution in [0.2, 0.25) is 0 Å². The predicted octanol–water partition coefficient (Wildman–Crippen LogP) is 2.35. The molecule has 1 heterocycles. The van der Waals surface area contributed by atoms with Crippen molar-refractivity contribution in [3.05, 3.63) is 29.8 Å². The molecule has 0 saturated heterocycles. The van der Waals surface area contributed by atoms with Gasteiger partial charge in [-0.15, -0.1) is 0 Å². The Hall–Kier alpha value is -1.51. The third-order valence-electron chi connectivity index (χ3n) is 3.06. The van der Waals surface area contributed by atoms with Crippen LogP contribution in [0.5, 0.6) is 0 Å². The van der Waals surface area contributed by atoms with E-state index in [-0.39, 0.29) is 11.4 Å². The molecule has 0 unspecified atom stereocenters. The van der Waals surface area contributed by atoms with Gasteiger partial charge < -0.3 is 10.2 Å². The fraction of sp³-hybridized carbons (Fsp3) is 0.533. The second-order valence-corrected chi connectivity index (χ2v) is 5.95. The Kier molecular flexibility index (Phi) is 3.60. The first kappa shape index (κ1) is 12.9. The Morgan fingerprint density at radius 3 is 2.78 bits per heavy atom. The number of carbonyl (C=O) groups excluding carboxylic acids is 1. The van der Waals surface area contributed by atoms with Gasteiger partial charge in [0.1, 0.15) is 0 Å². The average Bonchev–Trinajstić information content (AvgIpc) is 2.27. The van der Waals surface area contributed by atoms with Crippen LogP contribution >= 0.6 is 0 Å². The molecule has 1 amide bonds. The number of hydrogen-bond donors (Lipinski definition) is 1. The number of rotatable bonds is 2. The highest BCUT2D eigenvalue weighted by molar-refractivity contribution is 5.82. The lowest BCUT2D eigenvalue weighted by atomic mass is 10.0. The number of anilines is 1. The third-order valence-corrected chi connectivity index (χ3v) is 3.06. The first-order chi connectivity index (χ1) is 8.46. The van der Waals surface area contributed by atoms with Crippen LogP contribution in [-0.2, 0) is 11.2 Å². The van der Waals surface area contributed by atoms with E-state index in [0.29, 0.717) is 6.54 Å². The number of carbonyl (C=O) groups is 1. The van der Waals surface area contributed by atoms with Gasteiger partial charge >= 0.3 is 0 Å². The van der Waals surface area contributed by atoms with Crippen molar-refractivity contribution >= 4 is 11.6 Å². The lowest BCUT2D eigenvalue weighted by molar-refractivity contribution is -0.121. The average molecular weight is 246 g/mol. The lowest BCUT2D eigenvalue weighted by Crippen LogP contribution is -2.47. The van der Waals surface area contributed by atoms with Crippen molar-refractivity contribution in [1.82, 2.24) is 5.32 Å². The minimum Gasteiger partial charge on any atom is -0.362 e. The van der Waals surface area contributed by atoms with Gasteiger partial charge in [0.25, 0.3) is 0 Å². The first-order valence-electron chi connectivity index (χ1n) is 6.59.